The molecule has 4 heteroatoms. The van der Waals surface area contributed by atoms with Gasteiger partial charge in [0.05, 0.1) is 12.2 Å². The third-order valence-electron chi connectivity index (χ3n) is 2.91. The molecule has 0 unspecified atom stereocenters. The van der Waals surface area contributed by atoms with Crippen molar-refractivity contribution in [2.24, 2.45) is 5.92 Å². The van der Waals surface area contributed by atoms with Crippen LogP contribution in [0.1, 0.15) is 17.7 Å². The van der Waals surface area contributed by atoms with Crippen LogP contribution in [-0.2, 0) is 11.3 Å². The van der Waals surface area contributed by atoms with E-state index in [1.54, 1.807) is 6.20 Å². The van der Waals surface area contributed by atoms with Crippen LogP contribution in [0.2, 0.25) is 0 Å². The van der Waals surface area contributed by atoms with E-state index in [1.807, 2.05) is 19.1 Å². The first kappa shape index (κ1) is 11.1. The van der Waals surface area contributed by atoms with Gasteiger partial charge in [-0.3, -0.25) is 9.78 Å². The fraction of sp³-hybridized carbons (Fsp3) is 0.500. The van der Waals surface area contributed by atoms with Gasteiger partial charge in [-0.1, -0.05) is 6.07 Å². The van der Waals surface area contributed by atoms with Gasteiger partial charge in [0.25, 0.3) is 0 Å². The second kappa shape index (κ2) is 5.07. The van der Waals surface area contributed by atoms with Gasteiger partial charge in [0, 0.05) is 12.6 Å². The molecule has 16 heavy (non-hydrogen) atoms. The number of carbonyl (C=O) groups excluding carboxylic acids is 1. The number of aromatic nitrogens is 1. The molecule has 1 aliphatic rings. The van der Waals surface area contributed by atoms with Crippen molar-refractivity contribution in [2.75, 3.05) is 13.1 Å². The lowest BCUT2D eigenvalue weighted by Crippen LogP contribution is -2.44. The molecule has 0 aliphatic carbocycles. The Kier molecular flexibility index (Phi) is 3.51. The molecular formula is C12H17N3O. The van der Waals surface area contributed by atoms with Crippen LogP contribution in [0, 0.1) is 12.8 Å². The normalized spacial score (nSPS) is 15.6. The maximum Gasteiger partial charge on any atom is 0.220 e. The summed E-state index contributed by atoms with van der Waals surface area (Å²) in [5.74, 6) is 0.640. The van der Waals surface area contributed by atoms with E-state index in [4.69, 9.17) is 0 Å². The third kappa shape index (κ3) is 2.79. The van der Waals surface area contributed by atoms with Crippen molar-refractivity contribution in [3.63, 3.8) is 0 Å². The largest absolute Gasteiger partial charge is 0.350 e. The van der Waals surface area contributed by atoms with Crippen LogP contribution in [0.3, 0.4) is 0 Å². The maximum absolute atomic E-state index is 11.6. The number of carbonyl (C=O) groups is 1. The summed E-state index contributed by atoms with van der Waals surface area (Å²) >= 11 is 0. The fourth-order valence-electron chi connectivity index (χ4n) is 1.71. The molecule has 2 N–H and O–H groups in total. The highest BCUT2D eigenvalue weighted by atomic mass is 16.1. The molecule has 1 amide bonds. The minimum Gasteiger partial charge on any atom is -0.350 e. The minimum atomic E-state index is 0.122. The summed E-state index contributed by atoms with van der Waals surface area (Å²) in [5, 5.41) is 6.07. The molecule has 0 aromatic carbocycles. The van der Waals surface area contributed by atoms with Crippen LogP contribution in [0.25, 0.3) is 0 Å². The highest BCUT2D eigenvalue weighted by Crippen LogP contribution is 2.08. The predicted molar refractivity (Wildman–Crippen MR) is 61.8 cm³/mol. The number of nitrogens with one attached hydrogen (secondary N) is 2. The molecule has 2 heterocycles. The molecule has 1 saturated heterocycles. The number of amides is 1. The highest BCUT2D eigenvalue weighted by molar-refractivity contribution is 5.76. The van der Waals surface area contributed by atoms with Crippen molar-refractivity contribution in [1.82, 2.24) is 15.6 Å². The second-order valence-electron chi connectivity index (χ2n) is 4.27. The number of aryl methyl sites for hydroxylation is 1. The van der Waals surface area contributed by atoms with Crippen LogP contribution in [0.5, 0.6) is 0 Å². The van der Waals surface area contributed by atoms with Gasteiger partial charge in [0.1, 0.15) is 0 Å². The Bertz CT molecular complexity index is 374. The van der Waals surface area contributed by atoms with Gasteiger partial charge in [-0.05, 0) is 37.6 Å². The summed E-state index contributed by atoms with van der Waals surface area (Å²) < 4.78 is 0. The van der Waals surface area contributed by atoms with Crippen LogP contribution in [0.4, 0.5) is 0 Å². The first-order valence-electron chi connectivity index (χ1n) is 5.63. The molecule has 2 rings (SSSR count). The Balaban J connectivity index is 1.78. The van der Waals surface area contributed by atoms with Crippen LogP contribution >= 0.6 is 0 Å². The molecule has 0 spiro atoms. The lowest BCUT2D eigenvalue weighted by molar-refractivity contribution is -0.122. The maximum atomic E-state index is 11.6. The van der Waals surface area contributed by atoms with Gasteiger partial charge in [-0.15, -0.1) is 0 Å². The summed E-state index contributed by atoms with van der Waals surface area (Å²) in [6, 6.07) is 3.91. The number of hydrogen-bond donors (Lipinski definition) is 2. The van der Waals surface area contributed by atoms with E-state index < -0.39 is 0 Å². The van der Waals surface area contributed by atoms with Gasteiger partial charge in [0.15, 0.2) is 0 Å². The second-order valence-corrected chi connectivity index (χ2v) is 4.27. The summed E-state index contributed by atoms with van der Waals surface area (Å²) in [6.45, 7) is 4.47. The van der Waals surface area contributed by atoms with Crippen LogP contribution in [0.15, 0.2) is 18.3 Å². The lowest BCUT2D eigenvalue weighted by Gasteiger charge is -2.26. The Morgan fingerprint density at radius 3 is 3.06 bits per heavy atom. The minimum absolute atomic E-state index is 0.122. The summed E-state index contributed by atoms with van der Waals surface area (Å²) in [5.41, 5.74) is 2.07. The highest BCUT2D eigenvalue weighted by Gasteiger charge is 2.19. The molecular weight excluding hydrogens is 202 g/mol. The summed E-state index contributed by atoms with van der Waals surface area (Å²) in [7, 11) is 0. The lowest BCUT2D eigenvalue weighted by atomic mass is 9.99. The molecule has 0 bridgehead atoms. The standard InChI is InChI=1S/C12H17N3O/c1-9-3-2-4-14-11(9)8-15-12(16)5-10-6-13-7-10/h2-4,10,13H,5-8H2,1H3,(H,15,16). The van der Waals surface area contributed by atoms with Gasteiger partial charge in [-0.25, -0.2) is 0 Å². The average molecular weight is 219 g/mol. The van der Waals surface area contributed by atoms with Crippen molar-refractivity contribution in [3.8, 4) is 0 Å². The predicted octanol–water partition coefficient (Wildman–Crippen LogP) is 0.616. The number of nitrogens with zero attached hydrogens (tertiary/aromatic N) is 1. The third-order valence-corrected chi connectivity index (χ3v) is 2.91. The number of pyridine rings is 1. The van der Waals surface area contributed by atoms with E-state index in [1.165, 1.54) is 0 Å². The fourth-order valence-corrected chi connectivity index (χ4v) is 1.71. The van der Waals surface area contributed by atoms with Crippen molar-refractivity contribution < 1.29 is 4.79 Å². The van der Waals surface area contributed by atoms with Crippen LogP contribution in [-0.4, -0.2) is 24.0 Å². The smallest absolute Gasteiger partial charge is 0.220 e. The quantitative estimate of drug-likeness (QED) is 0.780. The van der Waals surface area contributed by atoms with Gasteiger partial charge in [0.2, 0.25) is 5.91 Å². The Hall–Kier alpha value is -1.42. The van der Waals surface area contributed by atoms with Crippen molar-refractivity contribution in [1.29, 1.82) is 0 Å². The average Bonchev–Trinajstić information content (AvgIpc) is 2.22. The first-order chi connectivity index (χ1) is 7.75. The Morgan fingerprint density at radius 1 is 1.62 bits per heavy atom. The summed E-state index contributed by atoms with van der Waals surface area (Å²) in [6.07, 6.45) is 2.38. The van der Waals surface area contributed by atoms with E-state index in [2.05, 4.69) is 15.6 Å². The molecule has 1 aromatic rings. The van der Waals surface area contributed by atoms with E-state index >= 15 is 0 Å². The molecule has 1 aliphatic heterocycles. The number of rotatable bonds is 4. The van der Waals surface area contributed by atoms with E-state index in [9.17, 15) is 4.79 Å². The monoisotopic (exact) mass is 219 g/mol. The Morgan fingerprint density at radius 2 is 2.44 bits per heavy atom. The zero-order chi connectivity index (χ0) is 11.4. The van der Waals surface area contributed by atoms with Crippen molar-refractivity contribution in [2.45, 2.75) is 19.9 Å². The molecule has 0 radical (unpaired) electrons. The molecule has 1 aromatic heterocycles. The molecule has 0 atom stereocenters. The zero-order valence-corrected chi connectivity index (χ0v) is 9.49. The van der Waals surface area contributed by atoms with Gasteiger partial charge in [-0.2, -0.15) is 0 Å². The van der Waals surface area contributed by atoms with E-state index in [0.29, 0.717) is 18.9 Å². The SMILES string of the molecule is Cc1cccnc1CNC(=O)CC1CNC1. The van der Waals surface area contributed by atoms with Gasteiger partial charge < -0.3 is 10.6 Å². The van der Waals surface area contributed by atoms with E-state index in [0.717, 1.165) is 24.3 Å². The molecule has 86 valence electrons. The first-order valence-corrected chi connectivity index (χ1v) is 5.63. The zero-order valence-electron chi connectivity index (χ0n) is 9.49. The van der Waals surface area contributed by atoms with Crippen molar-refractivity contribution >= 4 is 5.91 Å². The molecule has 1 fully saturated rings. The van der Waals surface area contributed by atoms with E-state index in [-0.39, 0.29) is 5.91 Å². The molecule has 4 nitrogen and oxygen atoms in total. The summed E-state index contributed by atoms with van der Waals surface area (Å²) in [4.78, 5) is 15.8. The number of hydrogen-bond acceptors (Lipinski definition) is 3. The van der Waals surface area contributed by atoms with Crippen LogP contribution < -0.4 is 10.6 Å². The molecule has 0 saturated carbocycles. The van der Waals surface area contributed by atoms with Crippen molar-refractivity contribution in [3.05, 3.63) is 29.6 Å². The topological polar surface area (TPSA) is 54.0 Å². The Labute approximate surface area is 95.5 Å². The van der Waals surface area contributed by atoms with Gasteiger partial charge >= 0.3 is 0 Å².